The molecule has 2 N–H and O–H groups in total. The second-order valence-corrected chi connectivity index (χ2v) is 7.00. The third kappa shape index (κ3) is 3.12. The van der Waals surface area contributed by atoms with Crippen LogP contribution in [-0.4, -0.2) is 27.6 Å². The highest BCUT2D eigenvalue weighted by Gasteiger charge is 2.18. The summed E-state index contributed by atoms with van der Waals surface area (Å²) in [5, 5.41) is 10.2. The maximum atomic E-state index is 14.6. The minimum absolute atomic E-state index is 0.0773. The number of aryl methyl sites for hydroxylation is 1. The molecular formula is C22H18FN5O2. The van der Waals surface area contributed by atoms with Gasteiger partial charge in [-0.3, -0.25) is 4.79 Å². The molecule has 3 heterocycles. The summed E-state index contributed by atoms with van der Waals surface area (Å²) in [5.74, 6) is 0.454. The Hall–Kier alpha value is -3.94. The minimum Gasteiger partial charge on any atom is -0.496 e. The first-order valence-corrected chi connectivity index (χ1v) is 9.50. The van der Waals surface area contributed by atoms with Crippen LogP contribution in [0.3, 0.4) is 0 Å². The number of benzene rings is 2. The van der Waals surface area contributed by atoms with Crippen LogP contribution in [-0.2, 0) is 11.2 Å². The van der Waals surface area contributed by atoms with Crippen molar-refractivity contribution >= 4 is 28.7 Å². The van der Waals surface area contributed by atoms with Crippen LogP contribution < -0.4 is 15.4 Å². The van der Waals surface area contributed by atoms with Crippen molar-refractivity contribution in [3.63, 3.8) is 0 Å². The average molecular weight is 403 g/mol. The largest absolute Gasteiger partial charge is 0.496 e. The monoisotopic (exact) mass is 403 g/mol. The van der Waals surface area contributed by atoms with Crippen LogP contribution in [0.25, 0.3) is 16.8 Å². The number of nitrogens with one attached hydrogen (secondary N) is 2. The Bertz CT molecular complexity index is 1280. The molecule has 0 aliphatic carbocycles. The molecule has 0 atom stereocenters. The van der Waals surface area contributed by atoms with Gasteiger partial charge in [-0.15, -0.1) is 5.10 Å². The first-order valence-electron chi connectivity index (χ1n) is 9.50. The summed E-state index contributed by atoms with van der Waals surface area (Å²) in [7, 11) is 1.62. The van der Waals surface area contributed by atoms with Gasteiger partial charge in [0.05, 0.1) is 30.2 Å². The van der Waals surface area contributed by atoms with E-state index in [4.69, 9.17) is 4.74 Å². The number of carbonyl (C=O) groups is 1. The average Bonchev–Trinajstić information content (AvgIpc) is 3.17. The molecule has 0 bridgehead atoms. The second kappa shape index (κ2) is 7.14. The highest BCUT2D eigenvalue weighted by atomic mass is 19.1. The molecule has 1 aliphatic rings. The Kier molecular flexibility index (Phi) is 4.31. The van der Waals surface area contributed by atoms with Gasteiger partial charge in [-0.25, -0.2) is 13.9 Å². The summed E-state index contributed by atoms with van der Waals surface area (Å²) in [6.45, 7) is 0. The molecule has 0 fully saturated rings. The number of fused-ring (bicyclic) bond motifs is 2. The van der Waals surface area contributed by atoms with Crippen LogP contribution in [0.1, 0.15) is 12.0 Å². The van der Waals surface area contributed by atoms with Crippen molar-refractivity contribution in [1.82, 2.24) is 14.6 Å². The van der Waals surface area contributed by atoms with E-state index in [2.05, 4.69) is 20.7 Å². The highest BCUT2D eigenvalue weighted by molar-refractivity contribution is 5.94. The Morgan fingerprint density at radius 3 is 2.90 bits per heavy atom. The number of ether oxygens (including phenoxy) is 1. The van der Waals surface area contributed by atoms with Crippen molar-refractivity contribution < 1.29 is 13.9 Å². The predicted molar refractivity (Wildman–Crippen MR) is 112 cm³/mol. The van der Waals surface area contributed by atoms with E-state index in [1.165, 1.54) is 6.07 Å². The zero-order chi connectivity index (χ0) is 20.7. The molecule has 150 valence electrons. The highest BCUT2D eigenvalue weighted by Crippen LogP contribution is 2.32. The summed E-state index contributed by atoms with van der Waals surface area (Å²) >= 11 is 0. The van der Waals surface area contributed by atoms with Crippen molar-refractivity contribution in [2.24, 2.45) is 0 Å². The zero-order valence-electron chi connectivity index (χ0n) is 16.1. The summed E-state index contributed by atoms with van der Waals surface area (Å²) < 4.78 is 21.8. The summed E-state index contributed by atoms with van der Waals surface area (Å²) in [6, 6.07) is 14.5. The number of amides is 1. The number of nitrogens with zero attached hydrogens (tertiary/aromatic N) is 3. The number of methoxy groups -OCH3 is 1. The lowest BCUT2D eigenvalue weighted by molar-refractivity contribution is -0.116. The van der Waals surface area contributed by atoms with E-state index in [0.717, 1.165) is 28.1 Å². The zero-order valence-corrected chi connectivity index (χ0v) is 16.1. The molecule has 30 heavy (non-hydrogen) atoms. The number of aromatic nitrogens is 3. The number of halogens is 1. The maximum Gasteiger partial charge on any atom is 0.245 e. The third-order valence-corrected chi connectivity index (χ3v) is 5.12. The predicted octanol–water partition coefficient (Wildman–Crippen LogP) is 4.17. The fourth-order valence-electron chi connectivity index (χ4n) is 3.63. The van der Waals surface area contributed by atoms with Crippen LogP contribution in [0.15, 0.2) is 54.7 Å². The normalized spacial score (nSPS) is 13.1. The van der Waals surface area contributed by atoms with Crippen LogP contribution in [0.2, 0.25) is 0 Å². The number of hydrogen-bond donors (Lipinski definition) is 2. The maximum absolute atomic E-state index is 14.6. The third-order valence-electron chi connectivity index (χ3n) is 5.12. The SMILES string of the molecule is COc1ccccc1-c1ccc2cnc(Nc3cc4c(cc3F)CCC(=O)N4)nn12. The Morgan fingerprint density at radius 2 is 2.03 bits per heavy atom. The molecule has 1 amide bonds. The molecule has 0 saturated heterocycles. The van der Waals surface area contributed by atoms with Gasteiger partial charge >= 0.3 is 0 Å². The minimum atomic E-state index is -0.425. The molecule has 2 aromatic heterocycles. The van der Waals surface area contributed by atoms with Gasteiger partial charge in [-0.05, 0) is 48.4 Å². The summed E-state index contributed by atoms with van der Waals surface area (Å²) in [4.78, 5) is 15.9. The molecule has 2 aromatic carbocycles. The van der Waals surface area contributed by atoms with Gasteiger partial charge in [0.15, 0.2) is 0 Å². The Labute approximate surface area is 171 Å². The van der Waals surface area contributed by atoms with E-state index in [1.54, 1.807) is 23.9 Å². The number of anilines is 3. The fourth-order valence-corrected chi connectivity index (χ4v) is 3.63. The summed E-state index contributed by atoms with van der Waals surface area (Å²) in [5.41, 5.74) is 4.07. The second-order valence-electron chi connectivity index (χ2n) is 7.00. The fraction of sp³-hybridized carbons (Fsp3) is 0.136. The van der Waals surface area contributed by atoms with Crippen molar-refractivity contribution in [1.29, 1.82) is 0 Å². The van der Waals surface area contributed by atoms with Crippen molar-refractivity contribution in [2.45, 2.75) is 12.8 Å². The van der Waals surface area contributed by atoms with Crippen LogP contribution in [0.4, 0.5) is 21.7 Å². The van der Waals surface area contributed by atoms with Crippen LogP contribution >= 0.6 is 0 Å². The number of hydrogen-bond acceptors (Lipinski definition) is 5. The molecule has 0 spiro atoms. The molecule has 0 unspecified atom stereocenters. The lowest BCUT2D eigenvalue weighted by atomic mass is 10.0. The van der Waals surface area contributed by atoms with Gasteiger partial charge in [-0.1, -0.05) is 12.1 Å². The van der Waals surface area contributed by atoms with E-state index in [9.17, 15) is 9.18 Å². The molecule has 7 nitrogen and oxygen atoms in total. The van der Waals surface area contributed by atoms with Gasteiger partial charge < -0.3 is 15.4 Å². The smallest absolute Gasteiger partial charge is 0.245 e. The van der Waals surface area contributed by atoms with E-state index in [1.807, 2.05) is 36.4 Å². The van der Waals surface area contributed by atoms with Crippen LogP contribution in [0.5, 0.6) is 5.75 Å². The first-order chi connectivity index (χ1) is 14.6. The van der Waals surface area contributed by atoms with E-state index in [-0.39, 0.29) is 17.5 Å². The van der Waals surface area contributed by atoms with Crippen molar-refractivity contribution in [3.05, 3.63) is 66.1 Å². The molecule has 8 heteroatoms. The molecule has 0 saturated carbocycles. The van der Waals surface area contributed by atoms with Gasteiger partial charge in [-0.2, -0.15) is 0 Å². The lowest BCUT2D eigenvalue weighted by Gasteiger charge is -2.18. The number of carbonyl (C=O) groups excluding carboxylic acids is 1. The van der Waals surface area contributed by atoms with Gasteiger partial charge in [0.1, 0.15) is 11.6 Å². The van der Waals surface area contributed by atoms with Gasteiger partial charge in [0.25, 0.3) is 0 Å². The molecule has 5 rings (SSSR count). The number of para-hydroxylation sites is 1. The van der Waals surface area contributed by atoms with Gasteiger partial charge in [0.2, 0.25) is 11.9 Å². The molecule has 0 radical (unpaired) electrons. The van der Waals surface area contributed by atoms with Crippen LogP contribution in [0, 0.1) is 5.82 Å². The van der Waals surface area contributed by atoms with E-state index >= 15 is 0 Å². The van der Waals surface area contributed by atoms with Crippen molar-refractivity contribution in [2.75, 3.05) is 17.7 Å². The Balaban J connectivity index is 1.54. The van der Waals surface area contributed by atoms with Crippen molar-refractivity contribution in [3.8, 4) is 17.0 Å². The topological polar surface area (TPSA) is 80.5 Å². The van der Waals surface area contributed by atoms with E-state index in [0.29, 0.717) is 18.5 Å². The Morgan fingerprint density at radius 1 is 1.17 bits per heavy atom. The number of rotatable bonds is 4. The molecule has 4 aromatic rings. The lowest BCUT2D eigenvalue weighted by Crippen LogP contribution is -2.19. The first kappa shape index (κ1) is 18.1. The standard InChI is InChI=1S/C22H18FN5O2/c1-30-20-5-3-2-4-15(20)19-8-7-14-12-24-22(27-28(14)19)26-18-11-17-13(10-16(18)23)6-9-21(29)25-17/h2-5,7-8,10-12H,6,9H2,1H3,(H,25,29)(H,26,27). The van der Waals surface area contributed by atoms with Gasteiger partial charge in [0, 0.05) is 17.7 Å². The quantitative estimate of drug-likeness (QED) is 0.535. The molecule has 1 aliphatic heterocycles. The summed E-state index contributed by atoms with van der Waals surface area (Å²) in [6.07, 6.45) is 2.54. The van der Waals surface area contributed by atoms with E-state index < -0.39 is 5.82 Å². The molecular weight excluding hydrogens is 385 g/mol.